The summed E-state index contributed by atoms with van der Waals surface area (Å²) in [7, 11) is 0. The van der Waals surface area contributed by atoms with Crippen molar-refractivity contribution in [3.8, 4) is 0 Å². The van der Waals surface area contributed by atoms with E-state index in [1.54, 1.807) is 18.3 Å². The molecule has 0 fully saturated rings. The molecule has 0 spiro atoms. The summed E-state index contributed by atoms with van der Waals surface area (Å²) >= 11 is 11.7. The van der Waals surface area contributed by atoms with E-state index < -0.39 is 17.6 Å². The van der Waals surface area contributed by atoms with Crippen LogP contribution in [0.4, 0.5) is 4.39 Å². The van der Waals surface area contributed by atoms with Crippen molar-refractivity contribution in [1.82, 2.24) is 10.9 Å². The van der Waals surface area contributed by atoms with Gasteiger partial charge < -0.3 is 9.73 Å². The van der Waals surface area contributed by atoms with Gasteiger partial charge in [-0.25, -0.2) is 4.39 Å². The molecule has 0 bridgehead atoms. The zero-order valence-corrected chi connectivity index (χ0v) is 14.1. The fraction of sp³-hybridized carbons (Fsp3) is 0.200. The van der Waals surface area contributed by atoms with E-state index in [2.05, 4.69) is 10.9 Å². The van der Waals surface area contributed by atoms with Gasteiger partial charge in [0.05, 0.1) is 16.3 Å². The summed E-state index contributed by atoms with van der Waals surface area (Å²) in [4.78, 5) is 23.3. The quantitative estimate of drug-likeness (QED) is 0.550. The lowest BCUT2D eigenvalue weighted by molar-refractivity contribution is -0.682. The third-order valence-corrected chi connectivity index (χ3v) is 3.86. The van der Waals surface area contributed by atoms with E-state index in [4.69, 9.17) is 27.6 Å². The summed E-state index contributed by atoms with van der Waals surface area (Å²) in [5.41, 5.74) is 4.99. The first-order chi connectivity index (χ1) is 11.4. The van der Waals surface area contributed by atoms with Crippen LogP contribution in [0.2, 0.25) is 10.0 Å². The molecule has 2 aromatic rings. The van der Waals surface area contributed by atoms with E-state index in [0.717, 1.165) is 0 Å². The van der Waals surface area contributed by atoms with Crippen molar-refractivity contribution in [2.45, 2.75) is 13.0 Å². The summed E-state index contributed by atoms with van der Waals surface area (Å²) in [6.07, 6.45) is 1.35. The molecular weight excluding hydrogens is 360 g/mol. The molecule has 0 unspecified atom stereocenters. The number of carbonyl (C=O) groups excluding carboxylic acids is 2. The highest BCUT2D eigenvalue weighted by atomic mass is 35.5. The van der Waals surface area contributed by atoms with Gasteiger partial charge in [-0.15, -0.1) is 0 Å². The molecule has 0 aliphatic heterocycles. The molecule has 1 aromatic carbocycles. The molecule has 9 heteroatoms. The second-order valence-electron chi connectivity index (χ2n) is 5.00. The smallest absolute Gasteiger partial charge is 0.305 e. The minimum atomic E-state index is -0.577. The Hall–Kier alpha value is -2.09. The molecule has 1 atom stereocenters. The Balaban J connectivity index is 1.83. The Morgan fingerprint density at radius 3 is 2.71 bits per heavy atom. The molecule has 0 aliphatic rings. The van der Waals surface area contributed by atoms with Crippen LogP contribution in [0.25, 0.3) is 0 Å². The molecule has 128 valence electrons. The largest absolute Gasteiger partial charge is 0.459 e. The third-order valence-electron chi connectivity index (χ3n) is 3.25. The van der Waals surface area contributed by atoms with E-state index in [1.807, 2.05) is 0 Å². The molecular formula is C15H15Cl2FN3O3+. The van der Waals surface area contributed by atoms with Gasteiger partial charge in [-0.2, -0.15) is 0 Å². The molecule has 0 aliphatic carbocycles. The van der Waals surface area contributed by atoms with Gasteiger partial charge in [-0.1, -0.05) is 23.2 Å². The number of hydrazine groups is 1. The Morgan fingerprint density at radius 2 is 2.04 bits per heavy atom. The van der Waals surface area contributed by atoms with Gasteiger partial charge in [0.15, 0.2) is 12.3 Å². The number of rotatable bonds is 5. The Kier molecular flexibility index (Phi) is 6.19. The topological polar surface area (TPSA) is 88.0 Å². The predicted molar refractivity (Wildman–Crippen MR) is 85.9 cm³/mol. The van der Waals surface area contributed by atoms with E-state index in [1.165, 1.54) is 24.5 Å². The normalized spacial score (nSPS) is 11.8. The highest BCUT2D eigenvalue weighted by molar-refractivity contribution is 6.35. The second kappa shape index (κ2) is 8.14. The molecule has 0 saturated heterocycles. The summed E-state index contributed by atoms with van der Waals surface area (Å²) < 4.78 is 18.4. The Labute approximate surface area is 147 Å². The average Bonchev–Trinajstić information content (AvgIpc) is 3.08. The number of furan rings is 1. The van der Waals surface area contributed by atoms with Gasteiger partial charge in [0, 0.05) is 5.56 Å². The second-order valence-corrected chi connectivity index (χ2v) is 5.81. The third kappa shape index (κ3) is 4.70. The van der Waals surface area contributed by atoms with E-state index in [-0.39, 0.29) is 23.4 Å². The Morgan fingerprint density at radius 1 is 1.29 bits per heavy atom. The van der Waals surface area contributed by atoms with E-state index in [0.29, 0.717) is 10.6 Å². The number of quaternary nitrogens is 1. The first-order valence-electron chi connectivity index (χ1n) is 6.99. The van der Waals surface area contributed by atoms with Crippen molar-refractivity contribution in [2.75, 3.05) is 6.54 Å². The monoisotopic (exact) mass is 374 g/mol. The molecule has 0 saturated carbocycles. The number of hydrogen-bond acceptors (Lipinski definition) is 3. The highest BCUT2D eigenvalue weighted by Crippen LogP contribution is 2.27. The van der Waals surface area contributed by atoms with E-state index in [9.17, 15) is 14.0 Å². The summed E-state index contributed by atoms with van der Waals surface area (Å²) in [5, 5.41) is 1.90. The summed E-state index contributed by atoms with van der Waals surface area (Å²) in [6, 6.07) is 5.30. The van der Waals surface area contributed by atoms with Crippen LogP contribution in [0.5, 0.6) is 0 Å². The summed E-state index contributed by atoms with van der Waals surface area (Å²) in [5.74, 6) is -1.50. The van der Waals surface area contributed by atoms with Crippen LogP contribution in [-0.4, -0.2) is 18.4 Å². The predicted octanol–water partition coefficient (Wildman–Crippen LogP) is 1.81. The molecule has 1 aromatic heterocycles. The van der Waals surface area contributed by atoms with Crippen molar-refractivity contribution >= 4 is 35.0 Å². The van der Waals surface area contributed by atoms with Crippen molar-refractivity contribution in [3.05, 3.63) is 57.7 Å². The number of carbonyl (C=O) groups is 2. The first-order valence-corrected chi connectivity index (χ1v) is 7.74. The number of benzene rings is 1. The molecule has 4 N–H and O–H groups in total. The van der Waals surface area contributed by atoms with Crippen LogP contribution in [0.3, 0.4) is 0 Å². The fourth-order valence-electron chi connectivity index (χ4n) is 1.94. The Bertz CT molecular complexity index is 738. The SMILES string of the molecule is C[C@H]([NH2+]CC(=O)NNC(=O)c1ccco1)c1cc(F)c(Cl)cc1Cl. The number of nitrogens with two attached hydrogens (primary N) is 1. The van der Waals surface area contributed by atoms with Crippen LogP contribution < -0.4 is 16.2 Å². The zero-order valence-electron chi connectivity index (χ0n) is 12.6. The summed E-state index contributed by atoms with van der Waals surface area (Å²) in [6.45, 7) is 1.77. The van der Waals surface area contributed by atoms with Crippen LogP contribution in [0, 0.1) is 5.82 Å². The maximum absolute atomic E-state index is 13.5. The lowest BCUT2D eigenvalue weighted by atomic mass is 10.1. The number of halogens is 3. The number of hydrogen-bond donors (Lipinski definition) is 3. The van der Waals surface area contributed by atoms with Gasteiger partial charge in [-0.3, -0.25) is 20.4 Å². The molecule has 0 radical (unpaired) electrons. The average molecular weight is 375 g/mol. The van der Waals surface area contributed by atoms with Gasteiger partial charge >= 0.3 is 5.91 Å². The van der Waals surface area contributed by atoms with Crippen LogP contribution in [0.15, 0.2) is 34.9 Å². The fourth-order valence-corrected chi connectivity index (χ4v) is 2.50. The first kappa shape index (κ1) is 18.3. The maximum atomic E-state index is 13.5. The van der Waals surface area contributed by atoms with Crippen molar-refractivity contribution in [1.29, 1.82) is 0 Å². The molecule has 2 amide bonds. The number of amides is 2. The van der Waals surface area contributed by atoms with E-state index >= 15 is 0 Å². The van der Waals surface area contributed by atoms with Gasteiger partial charge in [0.25, 0.3) is 5.91 Å². The van der Waals surface area contributed by atoms with Gasteiger partial charge in [0.2, 0.25) is 0 Å². The molecule has 2 rings (SSSR count). The molecule has 1 heterocycles. The van der Waals surface area contributed by atoms with Crippen LogP contribution >= 0.6 is 23.2 Å². The number of nitrogens with one attached hydrogen (secondary N) is 2. The van der Waals surface area contributed by atoms with Crippen molar-refractivity contribution in [2.24, 2.45) is 0 Å². The lowest BCUT2D eigenvalue weighted by Gasteiger charge is -2.13. The van der Waals surface area contributed by atoms with Gasteiger partial charge in [0.1, 0.15) is 11.9 Å². The minimum absolute atomic E-state index is 0.000174. The molecule has 24 heavy (non-hydrogen) atoms. The van der Waals surface area contributed by atoms with Crippen molar-refractivity contribution < 1.29 is 23.7 Å². The maximum Gasteiger partial charge on any atom is 0.305 e. The lowest BCUT2D eigenvalue weighted by Crippen LogP contribution is -2.87. The highest BCUT2D eigenvalue weighted by Gasteiger charge is 2.17. The molecule has 6 nitrogen and oxygen atoms in total. The van der Waals surface area contributed by atoms with Crippen LogP contribution in [-0.2, 0) is 4.79 Å². The van der Waals surface area contributed by atoms with Crippen molar-refractivity contribution in [3.63, 3.8) is 0 Å². The van der Waals surface area contributed by atoms with Crippen LogP contribution in [0.1, 0.15) is 29.1 Å². The zero-order chi connectivity index (χ0) is 17.7. The minimum Gasteiger partial charge on any atom is -0.459 e. The van der Waals surface area contributed by atoms with Gasteiger partial charge in [-0.05, 0) is 31.2 Å². The standard InChI is InChI=1S/C15H14Cl2FN3O3/c1-8(9-5-12(18)11(17)6-10(9)16)19-7-14(22)20-21-15(23)13-3-2-4-24-13/h2-6,8,19H,7H2,1H3,(H,20,22)(H,21,23)/p+1/t8-/m0/s1.